The molecule has 0 aromatic carbocycles. The van der Waals surface area contributed by atoms with Crippen LogP contribution in [-0.4, -0.2) is 62.4 Å². The summed E-state index contributed by atoms with van der Waals surface area (Å²) in [5.74, 6) is 0.905. The Kier molecular flexibility index (Phi) is 5.75. The average Bonchev–Trinajstić information content (AvgIpc) is 2.86. The fourth-order valence-corrected chi connectivity index (χ4v) is 2.90. The molecule has 1 unspecified atom stereocenters. The number of thiazole rings is 1. The number of aromatic nitrogens is 1. The lowest BCUT2D eigenvalue weighted by atomic mass is 10.3. The first-order valence-corrected chi connectivity index (χ1v) is 7.57. The molecule has 1 aromatic heterocycles. The van der Waals surface area contributed by atoms with Crippen molar-refractivity contribution in [1.29, 1.82) is 0 Å². The predicted octanol–water partition coefficient (Wildman–Crippen LogP) is 0.874. The van der Waals surface area contributed by atoms with E-state index in [0.717, 1.165) is 31.3 Å². The smallest absolute Gasteiger partial charge is 0.194 e. The van der Waals surface area contributed by atoms with Crippen LogP contribution in [0.5, 0.6) is 0 Å². The monoisotopic (exact) mass is 298 g/mol. The molecule has 20 heavy (non-hydrogen) atoms. The first kappa shape index (κ1) is 15.2. The molecule has 0 amide bonds. The summed E-state index contributed by atoms with van der Waals surface area (Å²) in [7, 11) is 3.50. The number of nitrogens with zero attached hydrogens (tertiary/aromatic N) is 3. The second-order valence-corrected chi connectivity index (χ2v) is 5.60. The molecule has 6 nitrogen and oxygen atoms in total. The maximum Gasteiger partial charge on any atom is 0.194 e. The Bertz CT molecular complexity index is 447. The van der Waals surface area contributed by atoms with Crippen molar-refractivity contribution in [3.63, 3.8) is 0 Å². The van der Waals surface area contributed by atoms with Crippen LogP contribution in [0, 0.1) is 6.92 Å². The van der Waals surface area contributed by atoms with E-state index in [0.29, 0.717) is 13.2 Å². The Morgan fingerprint density at radius 2 is 2.55 bits per heavy atom. The Morgan fingerprint density at radius 3 is 3.20 bits per heavy atom. The van der Waals surface area contributed by atoms with E-state index in [2.05, 4.69) is 20.2 Å². The summed E-state index contributed by atoms with van der Waals surface area (Å²) in [6, 6.07) is 0. The van der Waals surface area contributed by atoms with Gasteiger partial charge in [0.2, 0.25) is 0 Å². The molecule has 1 atom stereocenters. The average molecular weight is 298 g/mol. The van der Waals surface area contributed by atoms with Crippen LogP contribution in [0.25, 0.3) is 0 Å². The first-order chi connectivity index (χ1) is 9.74. The van der Waals surface area contributed by atoms with Crippen molar-refractivity contribution in [3.05, 3.63) is 16.1 Å². The van der Waals surface area contributed by atoms with Gasteiger partial charge in [-0.15, -0.1) is 11.3 Å². The minimum atomic E-state index is 0.109. The molecular weight excluding hydrogens is 276 g/mol. The van der Waals surface area contributed by atoms with Gasteiger partial charge in [-0.2, -0.15) is 0 Å². The summed E-state index contributed by atoms with van der Waals surface area (Å²) < 4.78 is 10.8. The molecular formula is C13H22N4O2S. The summed E-state index contributed by atoms with van der Waals surface area (Å²) in [4.78, 5) is 12.1. The highest BCUT2D eigenvalue weighted by atomic mass is 32.1. The number of ether oxygens (including phenoxy) is 2. The third-order valence-corrected chi connectivity index (χ3v) is 4.19. The highest BCUT2D eigenvalue weighted by molar-refractivity contribution is 7.09. The van der Waals surface area contributed by atoms with Crippen LogP contribution in [-0.2, 0) is 16.0 Å². The molecule has 1 N–H and O–H groups in total. The number of hydrogen-bond donors (Lipinski definition) is 1. The zero-order valence-corrected chi connectivity index (χ0v) is 13.1. The lowest BCUT2D eigenvalue weighted by Crippen LogP contribution is -2.51. The van der Waals surface area contributed by atoms with Crippen molar-refractivity contribution in [1.82, 2.24) is 15.2 Å². The number of aryl methyl sites for hydroxylation is 1. The van der Waals surface area contributed by atoms with Gasteiger partial charge in [0.1, 0.15) is 0 Å². The Balaban J connectivity index is 1.89. The molecule has 1 aromatic rings. The fraction of sp³-hybridized carbons (Fsp3) is 0.692. The minimum absolute atomic E-state index is 0.109. The predicted molar refractivity (Wildman–Crippen MR) is 80.2 cm³/mol. The molecule has 2 heterocycles. The van der Waals surface area contributed by atoms with Gasteiger partial charge in [0.15, 0.2) is 5.96 Å². The molecule has 1 fully saturated rings. The second kappa shape index (κ2) is 7.56. The number of guanidine groups is 1. The standard InChI is InChI=1S/C13H22N4O2S/c1-10-12(20-9-16-10)6-15-13(14-2)17-4-5-19-11(7-17)8-18-3/h9,11H,4-8H2,1-3H3,(H,14,15). The van der Waals surface area contributed by atoms with Gasteiger partial charge in [-0.1, -0.05) is 0 Å². The zero-order valence-electron chi connectivity index (χ0n) is 12.3. The summed E-state index contributed by atoms with van der Waals surface area (Å²) >= 11 is 1.67. The van der Waals surface area contributed by atoms with Gasteiger partial charge < -0.3 is 19.7 Å². The van der Waals surface area contributed by atoms with Gasteiger partial charge in [-0.3, -0.25) is 4.99 Å². The van der Waals surface area contributed by atoms with Crippen LogP contribution in [0.2, 0.25) is 0 Å². The van der Waals surface area contributed by atoms with E-state index in [1.165, 1.54) is 4.88 Å². The van der Waals surface area contributed by atoms with E-state index >= 15 is 0 Å². The van der Waals surface area contributed by atoms with Gasteiger partial charge in [-0.05, 0) is 6.92 Å². The summed E-state index contributed by atoms with van der Waals surface area (Å²) in [5.41, 5.74) is 2.95. The highest BCUT2D eigenvalue weighted by Crippen LogP contribution is 2.12. The van der Waals surface area contributed by atoms with E-state index in [1.807, 2.05) is 19.5 Å². The lowest BCUT2D eigenvalue weighted by molar-refractivity contribution is -0.0447. The third kappa shape index (κ3) is 3.91. The van der Waals surface area contributed by atoms with Gasteiger partial charge in [0.25, 0.3) is 0 Å². The van der Waals surface area contributed by atoms with Crippen LogP contribution in [0.4, 0.5) is 0 Å². The molecule has 1 aliphatic heterocycles. The second-order valence-electron chi connectivity index (χ2n) is 4.66. The molecule has 112 valence electrons. The van der Waals surface area contributed by atoms with Crippen molar-refractivity contribution >= 4 is 17.3 Å². The maximum atomic E-state index is 5.66. The Hall–Kier alpha value is -1.18. The molecule has 0 bridgehead atoms. The topological polar surface area (TPSA) is 59.0 Å². The van der Waals surface area contributed by atoms with Crippen molar-refractivity contribution in [2.24, 2.45) is 4.99 Å². The quantitative estimate of drug-likeness (QED) is 0.660. The van der Waals surface area contributed by atoms with Crippen LogP contribution in [0.15, 0.2) is 10.5 Å². The normalized spacial score (nSPS) is 20.2. The molecule has 0 spiro atoms. The van der Waals surface area contributed by atoms with Crippen molar-refractivity contribution in [2.45, 2.75) is 19.6 Å². The number of methoxy groups -OCH3 is 1. The largest absolute Gasteiger partial charge is 0.382 e. The third-order valence-electron chi connectivity index (χ3n) is 3.25. The van der Waals surface area contributed by atoms with Crippen molar-refractivity contribution < 1.29 is 9.47 Å². The number of rotatable bonds is 4. The van der Waals surface area contributed by atoms with Crippen molar-refractivity contribution in [2.75, 3.05) is 40.5 Å². The van der Waals surface area contributed by atoms with Crippen LogP contribution in [0.3, 0.4) is 0 Å². The molecule has 7 heteroatoms. The maximum absolute atomic E-state index is 5.66. The highest BCUT2D eigenvalue weighted by Gasteiger charge is 2.22. The molecule has 0 aliphatic carbocycles. The number of hydrogen-bond acceptors (Lipinski definition) is 5. The van der Waals surface area contributed by atoms with E-state index < -0.39 is 0 Å². The summed E-state index contributed by atoms with van der Waals surface area (Å²) in [6.45, 7) is 5.75. The zero-order chi connectivity index (χ0) is 14.4. The molecule has 1 saturated heterocycles. The summed E-state index contributed by atoms with van der Waals surface area (Å²) in [5, 5.41) is 3.39. The molecule has 2 rings (SSSR count). The van der Waals surface area contributed by atoms with Gasteiger partial charge in [-0.25, -0.2) is 4.98 Å². The lowest BCUT2D eigenvalue weighted by Gasteiger charge is -2.34. The van der Waals surface area contributed by atoms with Gasteiger partial charge >= 0.3 is 0 Å². The van der Waals surface area contributed by atoms with Gasteiger partial charge in [0.05, 0.1) is 37.1 Å². The minimum Gasteiger partial charge on any atom is -0.382 e. The number of nitrogens with one attached hydrogen (secondary N) is 1. The fourth-order valence-electron chi connectivity index (χ4n) is 2.19. The SMILES string of the molecule is CN=C(NCc1scnc1C)N1CCOC(COC)C1. The number of aliphatic imine (C=N–C) groups is 1. The van der Waals surface area contributed by atoms with Crippen LogP contribution >= 0.6 is 11.3 Å². The van der Waals surface area contributed by atoms with Crippen LogP contribution < -0.4 is 5.32 Å². The van der Waals surface area contributed by atoms with E-state index in [-0.39, 0.29) is 6.10 Å². The van der Waals surface area contributed by atoms with Gasteiger partial charge in [0, 0.05) is 32.1 Å². The van der Waals surface area contributed by atoms with Crippen LogP contribution in [0.1, 0.15) is 10.6 Å². The van der Waals surface area contributed by atoms with Crippen molar-refractivity contribution in [3.8, 4) is 0 Å². The Labute approximate surface area is 123 Å². The molecule has 0 saturated carbocycles. The number of morpholine rings is 1. The summed E-state index contributed by atoms with van der Waals surface area (Å²) in [6.07, 6.45) is 0.109. The Morgan fingerprint density at radius 1 is 1.70 bits per heavy atom. The first-order valence-electron chi connectivity index (χ1n) is 6.69. The molecule has 0 radical (unpaired) electrons. The molecule has 1 aliphatic rings. The van der Waals surface area contributed by atoms with E-state index in [9.17, 15) is 0 Å². The van der Waals surface area contributed by atoms with E-state index in [4.69, 9.17) is 9.47 Å². The van der Waals surface area contributed by atoms with E-state index in [1.54, 1.807) is 18.4 Å².